The van der Waals surface area contributed by atoms with E-state index in [1.165, 1.54) is 0 Å². The molecule has 1 aliphatic heterocycles. The number of rotatable bonds is 2. The van der Waals surface area contributed by atoms with Crippen molar-refractivity contribution in [2.75, 3.05) is 13.1 Å². The average molecular weight is 222 g/mol. The van der Waals surface area contributed by atoms with Crippen LogP contribution >= 0.6 is 0 Å². The molecule has 0 spiro atoms. The summed E-state index contributed by atoms with van der Waals surface area (Å²) in [4.78, 5) is 25.1. The molecule has 4 nitrogen and oxygen atoms in total. The van der Waals surface area contributed by atoms with Gasteiger partial charge in [0.2, 0.25) is 11.8 Å². The van der Waals surface area contributed by atoms with Gasteiger partial charge in [-0.3, -0.25) is 9.59 Å². The lowest BCUT2D eigenvalue weighted by Gasteiger charge is -2.31. The van der Waals surface area contributed by atoms with Gasteiger partial charge in [-0.15, -0.1) is 6.42 Å². The third-order valence-electron chi connectivity index (χ3n) is 2.67. The van der Waals surface area contributed by atoms with Crippen molar-refractivity contribution in [1.29, 1.82) is 0 Å². The first kappa shape index (κ1) is 12.6. The number of nitrogens with zero attached hydrogens (tertiary/aromatic N) is 1. The minimum absolute atomic E-state index is 0.0355. The van der Waals surface area contributed by atoms with Gasteiger partial charge in [0.1, 0.15) is 0 Å². The molecule has 0 bridgehead atoms. The zero-order chi connectivity index (χ0) is 12.3. The number of nitrogens with one attached hydrogen (secondary N) is 1. The molecule has 1 fully saturated rings. The van der Waals surface area contributed by atoms with Gasteiger partial charge in [0, 0.05) is 18.5 Å². The number of amides is 2. The van der Waals surface area contributed by atoms with E-state index in [4.69, 9.17) is 6.42 Å². The van der Waals surface area contributed by atoms with Gasteiger partial charge in [0.15, 0.2) is 0 Å². The van der Waals surface area contributed by atoms with Gasteiger partial charge in [-0.2, -0.15) is 0 Å². The maximum atomic E-state index is 11.7. The van der Waals surface area contributed by atoms with Gasteiger partial charge < -0.3 is 10.2 Å². The van der Waals surface area contributed by atoms with Crippen molar-refractivity contribution >= 4 is 11.8 Å². The first-order valence-electron chi connectivity index (χ1n) is 5.38. The highest BCUT2D eigenvalue weighted by Crippen LogP contribution is 2.25. The molecule has 0 aromatic carbocycles. The smallest absolute Gasteiger partial charge is 0.226 e. The average Bonchev–Trinajstić information content (AvgIpc) is 2.56. The van der Waals surface area contributed by atoms with Crippen molar-refractivity contribution in [3.8, 4) is 12.3 Å². The maximum absolute atomic E-state index is 11.7. The monoisotopic (exact) mass is 222 g/mol. The van der Waals surface area contributed by atoms with Gasteiger partial charge >= 0.3 is 0 Å². The van der Waals surface area contributed by atoms with Crippen molar-refractivity contribution in [1.82, 2.24) is 10.2 Å². The van der Waals surface area contributed by atoms with E-state index in [9.17, 15) is 9.59 Å². The van der Waals surface area contributed by atoms with Gasteiger partial charge in [-0.05, 0) is 20.8 Å². The second-order valence-electron chi connectivity index (χ2n) is 5.00. The Bertz CT molecular complexity index is 336. The first-order chi connectivity index (χ1) is 7.36. The summed E-state index contributed by atoms with van der Waals surface area (Å²) >= 11 is 0. The van der Waals surface area contributed by atoms with E-state index >= 15 is 0 Å². The summed E-state index contributed by atoms with van der Waals surface area (Å²) in [6, 6.07) is 0. The van der Waals surface area contributed by atoms with Crippen LogP contribution in [-0.2, 0) is 9.59 Å². The van der Waals surface area contributed by atoms with Crippen molar-refractivity contribution in [3.63, 3.8) is 0 Å². The van der Waals surface area contributed by atoms with Crippen LogP contribution in [-0.4, -0.2) is 35.3 Å². The van der Waals surface area contributed by atoms with Crippen molar-refractivity contribution in [2.24, 2.45) is 5.92 Å². The van der Waals surface area contributed by atoms with Crippen LogP contribution in [0.15, 0.2) is 0 Å². The van der Waals surface area contributed by atoms with Crippen molar-refractivity contribution < 1.29 is 9.59 Å². The topological polar surface area (TPSA) is 49.4 Å². The number of likely N-dealkylation sites (tertiary alicyclic amines) is 1. The predicted octanol–water partition coefficient (Wildman–Crippen LogP) is 0.383. The summed E-state index contributed by atoms with van der Waals surface area (Å²) in [5.41, 5.74) is -0.224. The molecule has 0 aliphatic carbocycles. The third-order valence-corrected chi connectivity index (χ3v) is 2.67. The molecule has 0 saturated carbocycles. The Hall–Kier alpha value is -1.50. The molecule has 0 radical (unpaired) electrons. The summed E-state index contributed by atoms with van der Waals surface area (Å²) in [5.74, 6) is 1.99. The highest BCUT2D eigenvalue weighted by molar-refractivity contribution is 5.89. The number of hydrogen-bond acceptors (Lipinski definition) is 2. The molecular formula is C12H18N2O2. The number of terminal acetylenes is 1. The maximum Gasteiger partial charge on any atom is 0.226 e. The van der Waals surface area contributed by atoms with Gasteiger partial charge in [0.05, 0.1) is 12.5 Å². The van der Waals surface area contributed by atoms with E-state index < -0.39 is 0 Å². The number of carbonyl (C=O) groups excluding carboxylic acids is 2. The summed E-state index contributed by atoms with van der Waals surface area (Å²) in [5, 5.41) is 2.61. The van der Waals surface area contributed by atoms with Crippen molar-refractivity contribution in [3.05, 3.63) is 0 Å². The standard InChI is InChI=1S/C12H18N2O2/c1-5-6-13-11(16)9-7-10(15)14(8-9)12(2,3)4/h1,9H,6-8H2,2-4H3,(H,13,16). The molecule has 0 aromatic heterocycles. The Labute approximate surface area is 96.4 Å². The van der Waals surface area contributed by atoms with Gasteiger partial charge in [-0.1, -0.05) is 5.92 Å². The molecule has 16 heavy (non-hydrogen) atoms. The zero-order valence-electron chi connectivity index (χ0n) is 10.0. The summed E-state index contributed by atoms with van der Waals surface area (Å²) in [6.45, 7) is 6.60. The molecule has 88 valence electrons. The second kappa shape index (κ2) is 4.56. The molecule has 4 heteroatoms. The molecule has 1 saturated heterocycles. The van der Waals surface area contributed by atoms with Gasteiger partial charge in [-0.25, -0.2) is 0 Å². The van der Waals surface area contributed by atoms with E-state index in [-0.39, 0.29) is 36.2 Å². The lowest BCUT2D eigenvalue weighted by molar-refractivity contribution is -0.132. The van der Waals surface area contributed by atoms with Crippen LogP contribution in [0, 0.1) is 18.3 Å². The fourth-order valence-corrected chi connectivity index (χ4v) is 1.81. The molecule has 1 N–H and O–H groups in total. The Kier molecular flexibility index (Phi) is 3.58. The van der Waals surface area contributed by atoms with Crippen LogP contribution in [0.5, 0.6) is 0 Å². The van der Waals surface area contributed by atoms with E-state index in [0.29, 0.717) is 6.54 Å². The first-order valence-corrected chi connectivity index (χ1v) is 5.38. The molecule has 0 aromatic rings. The van der Waals surface area contributed by atoms with E-state index in [1.54, 1.807) is 4.90 Å². The second-order valence-corrected chi connectivity index (χ2v) is 5.00. The van der Waals surface area contributed by atoms with Gasteiger partial charge in [0.25, 0.3) is 0 Å². The predicted molar refractivity (Wildman–Crippen MR) is 61.4 cm³/mol. The molecule has 1 aliphatic rings. The van der Waals surface area contributed by atoms with Crippen LogP contribution in [0.4, 0.5) is 0 Å². The molecule has 1 atom stereocenters. The Morgan fingerprint density at radius 1 is 1.62 bits per heavy atom. The van der Waals surface area contributed by atoms with Crippen LogP contribution in [0.1, 0.15) is 27.2 Å². The number of hydrogen-bond donors (Lipinski definition) is 1. The highest BCUT2D eigenvalue weighted by atomic mass is 16.2. The van der Waals surface area contributed by atoms with E-state index in [1.807, 2.05) is 20.8 Å². The molecular weight excluding hydrogens is 204 g/mol. The molecule has 1 rings (SSSR count). The molecule has 1 heterocycles. The van der Waals surface area contributed by atoms with E-state index in [0.717, 1.165) is 0 Å². The summed E-state index contributed by atoms with van der Waals surface area (Å²) in [6.07, 6.45) is 5.34. The quantitative estimate of drug-likeness (QED) is 0.687. The highest BCUT2D eigenvalue weighted by Gasteiger charge is 2.39. The largest absolute Gasteiger partial charge is 0.345 e. The van der Waals surface area contributed by atoms with Crippen LogP contribution < -0.4 is 5.32 Å². The zero-order valence-corrected chi connectivity index (χ0v) is 10.0. The lowest BCUT2D eigenvalue weighted by Crippen LogP contribution is -2.43. The normalized spacial score (nSPS) is 20.8. The SMILES string of the molecule is C#CCNC(=O)C1CC(=O)N(C(C)(C)C)C1. The van der Waals surface area contributed by atoms with E-state index in [2.05, 4.69) is 11.2 Å². The summed E-state index contributed by atoms with van der Waals surface area (Å²) < 4.78 is 0. The minimum Gasteiger partial charge on any atom is -0.345 e. The Morgan fingerprint density at radius 2 is 2.25 bits per heavy atom. The Balaban J connectivity index is 2.60. The lowest BCUT2D eigenvalue weighted by atomic mass is 10.1. The summed E-state index contributed by atoms with van der Waals surface area (Å²) in [7, 11) is 0. The van der Waals surface area contributed by atoms with Crippen LogP contribution in [0.25, 0.3) is 0 Å². The molecule has 1 unspecified atom stereocenters. The fraction of sp³-hybridized carbons (Fsp3) is 0.667. The Morgan fingerprint density at radius 3 is 2.69 bits per heavy atom. The van der Waals surface area contributed by atoms with Crippen LogP contribution in [0.2, 0.25) is 0 Å². The van der Waals surface area contributed by atoms with Crippen LogP contribution in [0.3, 0.4) is 0 Å². The fourth-order valence-electron chi connectivity index (χ4n) is 1.81. The third kappa shape index (κ3) is 2.75. The minimum atomic E-state index is -0.264. The van der Waals surface area contributed by atoms with Crippen molar-refractivity contribution in [2.45, 2.75) is 32.7 Å². The number of carbonyl (C=O) groups is 2. The molecule has 2 amide bonds.